The maximum absolute atomic E-state index is 11.8. The normalized spacial score (nSPS) is 36.1. The number of nitrogens with zero attached hydrogens (tertiary/aromatic N) is 1. The molecule has 80 valence electrons. The lowest BCUT2D eigenvalue weighted by atomic mass is 10.0. The van der Waals surface area contributed by atoms with Crippen molar-refractivity contribution in [3.63, 3.8) is 0 Å². The summed E-state index contributed by atoms with van der Waals surface area (Å²) in [5.41, 5.74) is -0.347. The zero-order valence-corrected chi connectivity index (χ0v) is 9.25. The molecule has 2 aliphatic heterocycles. The molecular weight excluding hydrogens is 178 g/mol. The molecule has 3 atom stereocenters. The number of piperidine rings is 1. The first kappa shape index (κ1) is 9.97. The molecule has 3 unspecified atom stereocenters. The summed E-state index contributed by atoms with van der Waals surface area (Å²) < 4.78 is 5.39. The summed E-state index contributed by atoms with van der Waals surface area (Å²) in [4.78, 5) is 14.0. The average Bonchev–Trinajstić information content (AvgIpc) is 2.59. The van der Waals surface area contributed by atoms with Crippen LogP contribution in [-0.4, -0.2) is 35.6 Å². The van der Waals surface area contributed by atoms with Crippen LogP contribution in [0.15, 0.2) is 0 Å². The van der Waals surface area contributed by atoms with Crippen LogP contribution in [0.2, 0.25) is 0 Å². The van der Waals surface area contributed by atoms with Crippen LogP contribution in [0.1, 0.15) is 33.6 Å². The Balaban J connectivity index is 1.93. The summed E-state index contributed by atoms with van der Waals surface area (Å²) >= 11 is 0. The highest BCUT2D eigenvalue weighted by Crippen LogP contribution is 2.33. The van der Waals surface area contributed by atoms with Gasteiger partial charge in [-0.2, -0.15) is 0 Å². The summed E-state index contributed by atoms with van der Waals surface area (Å²) in [6.07, 6.45) is 2.27. The Morgan fingerprint density at radius 1 is 1.43 bits per heavy atom. The van der Waals surface area contributed by atoms with Gasteiger partial charge in [-0.15, -0.1) is 0 Å². The highest BCUT2D eigenvalue weighted by molar-refractivity contribution is 5.76. The first-order valence-corrected chi connectivity index (χ1v) is 5.42. The smallest absolute Gasteiger partial charge is 0.323 e. The quantitative estimate of drug-likeness (QED) is 0.595. The summed E-state index contributed by atoms with van der Waals surface area (Å²) in [7, 11) is 0. The Labute approximate surface area is 85.4 Å². The molecule has 0 aromatic heterocycles. The van der Waals surface area contributed by atoms with Crippen molar-refractivity contribution in [1.82, 2.24) is 4.90 Å². The first-order chi connectivity index (χ1) is 6.46. The number of ether oxygens (including phenoxy) is 1. The first-order valence-electron chi connectivity index (χ1n) is 5.42. The van der Waals surface area contributed by atoms with Gasteiger partial charge in [0.25, 0.3) is 0 Å². The van der Waals surface area contributed by atoms with Gasteiger partial charge in [-0.05, 0) is 46.1 Å². The van der Waals surface area contributed by atoms with Crippen molar-refractivity contribution in [2.75, 3.05) is 13.1 Å². The second-order valence-corrected chi connectivity index (χ2v) is 5.43. The zero-order chi connectivity index (χ0) is 10.3. The van der Waals surface area contributed by atoms with Crippen LogP contribution in [0.25, 0.3) is 0 Å². The molecule has 2 saturated heterocycles. The van der Waals surface area contributed by atoms with Crippen LogP contribution in [0.5, 0.6) is 0 Å². The summed E-state index contributed by atoms with van der Waals surface area (Å²) in [6.45, 7) is 7.95. The molecule has 0 amide bonds. The Morgan fingerprint density at radius 3 is 2.57 bits per heavy atom. The lowest BCUT2D eigenvalue weighted by molar-refractivity contribution is -0.160. The minimum Gasteiger partial charge on any atom is -0.459 e. The van der Waals surface area contributed by atoms with Gasteiger partial charge in [0.05, 0.1) is 0 Å². The van der Waals surface area contributed by atoms with Crippen molar-refractivity contribution in [2.45, 2.75) is 45.3 Å². The third kappa shape index (κ3) is 1.92. The maximum Gasteiger partial charge on any atom is 0.323 e. The Bertz CT molecular complexity index is 244. The largest absolute Gasteiger partial charge is 0.459 e. The van der Waals surface area contributed by atoms with Crippen LogP contribution in [0, 0.1) is 5.92 Å². The maximum atomic E-state index is 11.8. The molecule has 0 aromatic carbocycles. The van der Waals surface area contributed by atoms with Gasteiger partial charge >= 0.3 is 5.97 Å². The number of hydrogen-bond acceptors (Lipinski definition) is 3. The number of esters is 1. The van der Waals surface area contributed by atoms with Gasteiger partial charge in [0.15, 0.2) is 0 Å². The van der Waals surface area contributed by atoms with E-state index in [9.17, 15) is 4.79 Å². The molecule has 0 aliphatic carbocycles. The lowest BCUT2D eigenvalue weighted by Crippen LogP contribution is -2.40. The zero-order valence-electron chi connectivity index (χ0n) is 9.25. The highest BCUT2D eigenvalue weighted by atomic mass is 16.6. The lowest BCUT2D eigenvalue weighted by Gasteiger charge is -2.27. The molecule has 2 fully saturated rings. The van der Waals surface area contributed by atoms with E-state index >= 15 is 0 Å². The molecule has 3 nitrogen and oxygen atoms in total. The van der Waals surface area contributed by atoms with E-state index in [1.807, 2.05) is 20.8 Å². The number of rotatable bonds is 1. The minimum atomic E-state index is -0.347. The molecule has 0 aromatic rings. The monoisotopic (exact) mass is 197 g/mol. The van der Waals surface area contributed by atoms with Crippen LogP contribution in [0.3, 0.4) is 0 Å². The minimum absolute atomic E-state index is 0.0281. The molecule has 0 N–H and O–H groups in total. The Morgan fingerprint density at radius 2 is 2.14 bits per heavy atom. The summed E-state index contributed by atoms with van der Waals surface area (Å²) in [5, 5.41) is 0. The van der Waals surface area contributed by atoms with E-state index in [1.54, 1.807) is 0 Å². The van der Waals surface area contributed by atoms with E-state index in [1.165, 1.54) is 6.42 Å². The Kier molecular flexibility index (Phi) is 2.30. The topological polar surface area (TPSA) is 29.5 Å². The molecule has 2 rings (SSSR count). The van der Waals surface area contributed by atoms with Crippen LogP contribution in [-0.2, 0) is 9.53 Å². The van der Waals surface area contributed by atoms with Gasteiger partial charge in [-0.3, -0.25) is 9.69 Å². The van der Waals surface area contributed by atoms with Crippen LogP contribution >= 0.6 is 0 Å². The van der Waals surface area contributed by atoms with Gasteiger partial charge in [0.2, 0.25) is 0 Å². The van der Waals surface area contributed by atoms with Crippen molar-refractivity contribution in [1.29, 1.82) is 0 Å². The van der Waals surface area contributed by atoms with Crippen molar-refractivity contribution < 1.29 is 9.53 Å². The third-order valence-corrected chi connectivity index (χ3v) is 2.99. The van der Waals surface area contributed by atoms with Crippen LogP contribution in [0.4, 0.5) is 0 Å². The third-order valence-electron chi connectivity index (χ3n) is 2.99. The van der Waals surface area contributed by atoms with E-state index in [0.29, 0.717) is 0 Å². The van der Waals surface area contributed by atoms with Crippen molar-refractivity contribution in [3.05, 3.63) is 0 Å². The number of fused-ring (bicyclic) bond motifs is 2. The number of carbonyl (C=O) groups is 1. The molecule has 0 radical (unpaired) electrons. The van der Waals surface area contributed by atoms with Gasteiger partial charge in [-0.1, -0.05) is 0 Å². The predicted octanol–water partition coefficient (Wildman–Crippen LogP) is 1.42. The van der Waals surface area contributed by atoms with Gasteiger partial charge in [0.1, 0.15) is 11.6 Å². The molecule has 3 heteroatoms. The fourth-order valence-electron chi connectivity index (χ4n) is 2.42. The predicted molar refractivity (Wildman–Crippen MR) is 53.9 cm³/mol. The van der Waals surface area contributed by atoms with E-state index in [4.69, 9.17) is 4.74 Å². The number of hydrogen-bond donors (Lipinski definition) is 0. The molecule has 0 spiro atoms. The Hall–Kier alpha value is -0.570. The highest BCUT2D eigenvalue weighted by Gasteiger charge is 2.42. The van der Waals surface area contributed by atoms with Gasteiger partial charge in [0, 0.05) is 6.54 Å². The van der Waals surface area contributed by atoms with E-state index in [0.717, 1.165) is 25.4 Å². The number of carbonyl (C=O) groups excluding carboxylic acids is 1. The molecular formula is C11H19NO2. The standard InChI is InChI=1S/C11H19NO2/c1-11(2,3)14-10(13)9-6-8-4-5-12(9)7-8/h8-9H,4-7H2,1-3H3. The molecule has 2 bridgehead atoms. The summed E-state index contributed by atoms with van der Waals surface area (Å²) in [6, 6.07) is 0.0491. The molecule has 14 heavy (non-hydrogen) atoms. The van der Waals surface area contributed by atoms with Crippen molar-refractivity contribution in [2.24, 2.45) is 5.92 Å². The fraction of sp³-hybridized carbons (Fsp3) is 0.909. The SMILES string of the molecule is CC(C)(C)OC(=O)C1CC2CCN1C2. The fourth-order valence-corrected chi connectivity index (χ4v) is 2.42. The van der Waals surface area contributed by atoms with E-state index in [-0.39, 0.29) is 17.6 Å². The van der Waals surface area contributed by atoms with Gasteiger partial charge in [-0.25, -0.2) is 0 Å². The summed E-state index contributed by atoms with van der Waals surface area (Å²) in [5.74, 6) is 0.715. The average molecular weight is 197 g/mol. The van der Waals surface area contributed by atoms with Crippen molar-refractivity contribution >= 4 is 5.97 Å². The van der Waals surface area contributed by atoms with Gasteiger partial charge < -0.3 is 4.74 Å². The molecule has 2 heterocycles. The van der Waals surface area contributed by atoms with Crippen LogP contribution < -0.4 is 0 Å². The second kappa shape index (κ2) is 3.23. The second-order valence-electron chi connectivity index (χ2n) is 5.43. The van der Waals surface area contributed by atoms with Crippen molar-refractivity contribution in [3.8, 4) is 0 Å². The van der Waals surface area contributed by atoms with E-state index in [2.05, 4.69) is 4.90 Å². The molecule has 0 saturated carbocycles. The van der Waals surface area contributed by atoms with E-state index < -0.39 is 0 Å². The molecule has 2 aliphatic rings.